The Morgan fingerprint density at radius 3 is 2.12 bits per heavy atom. The van der Waals surface area contributed by atoms with Gasteiger partial charge in [-0.1, -0.05) is 28.1 Å². The van der Waals surface area contributed by atoms with Crippen LogP contribution in [0.5, 0.6) is 0 Å². The molecule has 0 spiro atoms. The summed E-state index contributed by atoms with van der Waals surface area (Å²) >= 11 is 3.36. The molecule has 1 atom stereocenters. The Kier molecular flexibility index (Phi) is 6.58. The van der Waals surface area contributed by atoms with Crippen LogP contribution in [0.15, 0.2) is 53.0 Å². The smallest absolute Gasteiger partial charge is 0.246 e. The van der Waals surface area contributed by atoms with E-state index in [-0.39, 0.29) is 11.8 Å². The third kappa shape index (κ3) is 5.90. The minimum absolute atomic E-state index is 0.0583. The molecule has 0 radical (unpaired) electrons. The number of carbonyl (C=O) groups is 2. The van der Waals surface area contributed by atoms with E-state index in [1.54, 1.807) is 25.9 Å². The second-order valence-corrected chi connectivity index (χ2v) is 6.94. The summed E-state index contributed by atoms with van der Waals surface area (Å²) in [4.78, 5) is 25.5. The van der Waals surface area contributed by atoms with E-state index in [2.05, 4.69) is 26.6 Å². The molecule has 2 aromatic carbocycles. The summed E-state index contributed by atoms with van der Waals surface area (Å²) in [6.45, 7) is 1.80. The Balaban J connectivity index is 1.91. The molecule has 0 aliphatic carbocycles. The van der Waals surface area contributed by atoms with Crippen LogP contribution in [-0.4, -0.2) is 36.9 Å². The minimum atomic E-state index is -0.391. The molecule has 2 amide bonds. The molecule has 0 aliphatic rings. The normalized spacial score (nSPS) is 11.5. The Morgan fingerprint density at radius 1 is 1.00 bits per heavy atom. The lowest BCUT2D eigenvalue weighted by Crippen LogP contribution is -2.31. The lowest BCUT2D eigenvalue weighted by molar-refractivity contribution is -0.128. The lowest BCUT2D eigenvalue weighted by atomic mass is 10.1. The van der Waals surface area contributed by atoms with Crippen LogP contribution >= 0.6 is 15.9 Å². The Hall–Kier alpha value is -2.34. The number of hydrogen-bond donors (Lipinski definition) is 2. The van der Waals surface area contributed by atoms with Crippen LogP contribution < -0.4 is 10.6 Å². The Morgan fingerprint density at radius 2 is 1.56 bits per heavy atom. The van der Waals surface area contributed by atoms with E-state index in [4.69, 9.17) is 0 Å². The topological polar surface area (TPSA) is 61.4 Å². The number of halogens is 1. The van der Waals surface area contributed by atoms with Crippen LogP contribution in [0.4, 0.5) is 11.4 Å². The molecule has 0 bridgehead atoms. The zero-order chi connectivity index (χ0) is 18.4. The van der Waals surface area contributed by atoms with Crippen LogP contribution in [0.1, 0.15) is 12.5 Å². The van der Waals surface area contributed by atoms with Gasteiger partial charge in [-0.05, 0) is 48.9 Å². The van der Waals surface area contributed by atoms with Gasteiger partial charge in [0.25, 0.3) is 0 Å². The molecule has 1 unspecified atom stereocenters. The van der Waals surface area contributed by atoms with Crippen molar-refractivity contribution in [1.82, 2.24) is 4.90 Å². The summed E-state index contributed by atoms with van der Waals surface area (Å²) in [6, 6.07) is 14.6. The Bertz CT molecular complexity index is 727. The number of likely N-dealkylation sites (N-methyl/N-ethyl adjacent to an activating group) is 1. The Labute approximate surface area is 156 Å². The maximum Gasteiger partial charge on any atom is 0.246 e. The van der Waals surface area contributed by atoms with Crippen LogP contribution in [0.2, 0.25) is 0 Å². The molecule has 25 heavy (non-hydrogen) atoms. The summed E-state index contributed by atoms with van der Waals surface area (Å²) in [7, 11) is 3.48. The van der Waals surface area contributed by atoms with Crippen molar-refractivity contribution in [3.05, 3.63) is 58.6 Å². The number of amides is 2. The highest BCUT2D eigenvalue weighted by Crippen LogP contribution is 2.15. The molecule has 0 fully saturated rings. The zero-order valence-corrected chi connectivity index (χ0v) is 16.1. The van der Waals surface area contributed by atoms with Gasteiger partial charge in [0.15, 0.2) is 0 Å². The number of rotatable bonds is 6. The first-order chi connectivity index (χ1) is 11.8. The SMILES string of the molecule is CC(Nc1ccc(CC(=O)N(C)C)cc1)C(=O)Nc1ccc(Br)cc1. The zero-order valence-electron chi connectivity index (χ0n) is 14.5. The van der Waals surface area contributed by atoms with Gasteiger partial charge < -0.3 is 15.5 Å². The molecule has 6 heteroatoms. The van der Waals surface area contributed by atoms with Gasteiger partial charge in [-0.25, -0.2) is 0 Å². The van der Waals surface area contributed by atoms with Crippen LogP contribution in [0.3, 0.4) is 0 Å². The number of nitrogens with one attached hydrogen (secondary N) is 2. The summed E-state index contributed by atoms with van der Waals surface area (Å²) in [5.41, 5.74) is 2.52. The summed E-state index contributed by atoms with van der Waals surface area (Å²) in [5.74, 6) is -0.0582. The highest BCUT2D eigenvalue weighted by Gasteiger charge is 2.13. The number of nitrogens with zero attached hydrogens (tertiary/aromatic N) is 1. The van der Waals surface area contributed by atoms with E-state index in [0.717, 1.165) is 21.4 Å². The van der Waals surface area contributed by atoms with Crippen molar-refractivity contribution in [2.75, 3.05) is 24.7 Å². The second-order valence-electron chi connectivity index (χ2n) is 6.02. The fraction of sp³-hybridized carbons (Fsp3) is 0.263. The molecule has 0 saturated heterocycles. The van der Waals surface area contributed by atoms with E-state index >= 15 is 0 Å². The lowest BCUT2D eigenvalue weighted by Gasteiger charge is -2.16. The summed E-state index contributed by atoms with van der Waals surface area (Å²) in [5, 5.41) is 6.03. The number of anilines is 2. The summed E-state index contributed by atoms with van der Waals surface area (Å²) in [6.07, 6.45) is 0.368. The van der Waals surface area contributed by atoms with Crippen molar-refractivity contribution in [1.29, 1.82) is 0 Å². The fourth-order valence-corrected chi connectivity index (χ4v) is 2.42. The maximum atomic E-state index is 12.3. The van der Waals surface area contributed by atoms with E-state index in [1.165, 1.54) is 0 Å². The largest absolute Gasteiger partial charge is 0.374 e. The predicted molar refractivity (Wildman–Crippen MR) is 105 cm³/mol. The van der Waals surface area contributed by atoms with Gasteiger partial charge in [0, 0.05) is 29.9 Å². The molecule has 2 N–H and O–H groups in total. The molecule has 0 heterocycles. The molecule has 2 aromatic rings. The standard InChI is InChI=1S/C19H22BrN3O2/c1-13(19(25)22-17-10-6-15(20)7-11-17)21-16-8-4-14(5-9-16)12-18(24)23(2)3/h4-11,13,21H,12H2,1-3H3,(H,22,25). The average Bonchev–Trinajstić information content (AvgIpc) is 2.58. The molecule has 0 aromatic heterocycles. The quantitative estimate of drug-likeness (QED) is 0.775. The highest BCUT2D eigenvalue weighted by molar-refractivity contribution is 9.10. The van der Waals surface area contributed by atoms with Gasteiger partial charge in [-0.2, -0.15) is 0 Å². The number of hydrogen-bond acceptors (Lipinski definition) is 3. The molecular weight excluding hydrogens is 382 g/mol. The van der Waals surface area contributed by atoms with Gasteiger partial charge in [-0.3, -0.25) is 9.59 Å². The van der Waals surface area contributed by atoms with Crippen LogP contribution in [0, 0.1) is 0 Å². The van der Waals surface area contributed by atoms with Crippen molar-refractivity contribution in [2.45, 2.75) is 19.4 Å². The van der Waals surface area contributed by atoms with Crippen molar-refractivity contribution < 1.29 is 9.59 Å². The van der Waals surface area contributed by atoms with Gasteiger partial charge >= 0.3 is 0 Å². The maximum absolute atomic E-state index is 12.3. The molecule has 5 nitrogen and oxygen atoms in total. The number of carbonyl (C=O) groups excluding carboxylic acids is 2. The van der Waals surface area contributed by atoms with Crippen molar-refractivity contribution in [3.8, 4) is 0 Å². The molecule has 2 rings (SSSR count). The molecule has 0 saturated carbocycles. The molecule has 0 aliphatic heterocycles. The third-order valence-corrected chi connectivity index (χ3v) is 4.22. The first-order valence-corrected chi connectivity index (χ1v) is 8.76. The van der Waals surface area contributed by atoms with Crippen molar-refractivity contribution >= 4 is 39.1 Å². The average molecular weight is 404 g/mol. The highest BCUT2D eigenvalue weighted by atomic mass is 79.9. The minimum Gasteiger partial charge on any atom is -0.374 e. The number of benzene rings is 2. The van der Waals surface area contributed by atoms with E-state index < -0.39 is 6.04 Å². The summed E-state index contributed by atoms with van der Waals surface area (Å²) < 4.78 is 0.963. The van der Waals surface area contributed by atoms with Crippen molar-refractivity contribution in [2.24, 2.45) is 0 Å². The van der Waals surface area contributed by atoms with Crippen LogP contribution in [0.25, 0.3) is 0 Å². The fourth-order valence-electron chi connectivity index (χ4n) is 2.15. The predicted octanol–water partition coefficient (Wildman–Crippen LogP) is 3.52. The van der Waals surface area contributed by atoms with E-state index in [9.17, 15) is 9.59 Å². The first-order valence-electron chi connectivity index (χ1n) is 7.97. The second kappa shape index (κ2) is 8.67. The third-order valence-electron chi connectivity index (χ3n) is 3.70. The monoisotopic (exact) mass is 403 g/mol. The van der Waals surface area contributed by atoms with Gasteiger partial charge in [-0.15, -0.1) is 0 Å². The van der Waals surface area contributed by atoms with Gasteiger partial charge in [0.2, 0.25) is 11.8 Å². The van der Waals surface area contributed by atoms with E-state index in [0.29, 0.717) is 6.42 Å². The molecule has 132 valence electrons. The molecular formula is C19H22BrN3O2. The van der Waals surface area contributed by atoms with Crippen molar-refractivity contribution in [3.63, 3.8) is 0 Å². The van der Waals surface area contributed by atoms with Crippen LogP contribution in [-0.2, 0) is 16.0 Å². The van der Waals surface area contributed by atoms with Gasteiger partial charge in [0.1, 0.15) is 6.04 Å². The first kappa shape index (κ1) is 19.0. The van der Waals surface area contributed by atoms with E-state index in [1.807, 2.05) is 48.5 Å². The van der Waals surface area contributed by atoms with Gasteiger partial charge in [0.05, 0.1) is 6.42 Å².